The first-order valence-electron chi connectivity index (χ1n) is 22.4. The Labute approximate surface area is 421 Å². The smallest absolute Gasteiger partial charge is 0.682 e. The molecule has 0 aromatic carbocycles. The van der Waals surface area contributed by atoms with Gasteiger partial charge in [-0.3, -0.25) is 43.5 Å². The van der Waals surface area contributed by atoms with Crippen molar-refractivity contribution in [1.82, 2.24) is 0 Å². The fourth-order valence-corrected chi connectivity index (χ4v) is 11.1. The van der Waals surface area contributed by atoms with E-state index in [9.17, 15) is 33.6 Å². The second-order valence-electron chi connectivity index (χ2n) is 19.2. The number of rotatable bonds is 15. The quantitative estimate of drug-likeness (QED) is 0.0960. The Bertz CT molecular complexity index is 2340. The third kappa shape index (κ3) is 10.8. The number of hydrogen-bond acceptors (Lipinski definition) is 18. The summed E-state index contributed by atoms with van der Waals surface area (Å²) in [5.74, 6) is -5.51. The number of carbonyl (C=O) groups is 7. The normalized spacial score (nSPS) is 31.7. The van der Waals surface area contributed by atoms with Crippen LogP contribution in [0.1, 0.15) is 113 Å². The van der Waals surface area contributed by atoms with Crippen LogP contribution in [0, 0.1) is 63.1 Å². The predicted molar refractivity (Wildman–Crippen MR) is 249 cm³/mol. The summed E-state index contributed by atoms with van der Waals surface area (Å²) in [4.78, 5) is 110. The number of allylic oxidation sites excluding steroid dienone is 6. The fraction of sp³-hybridized carbons (Fsp3) is 0.640. The Morgan fingerprint density at radius 2 is 1.14 bits per heavy atom. The molecule has 0 N–H and O–H groups in total. The molecule has 5 aliphatic heterocycles. The van der Waals surface area contributed by atoms with Crippen molar-refractivity contribution in [1.29, 1.82) is 10.5 Å². The molecule has 0 aromatic heterocycles. The summed E-state index contributed by atoms with van der Waals surface area (Å²) in [6.45, 7) is 24.4. The van der Waals surface area contributed by atoms with E-state index < -0.39 is 92.6 Å². The van der Waals surface area contributed by atoms with Crippen LogP contribution in [0.5, 0.6) is 0 Å². The van der Waals surface area contributed by atoms with E-state index in [0.717, 1.165) is 0 Å². The molecule has 5 aliphatic rings. The van der Waals surface area contributed by atoms with Crippen molar-refractivity contribution in [2.75, 3.05) is 42.7 Å². The van der Waals surface area contributed by atoms with Crippen LogP contribution in [0.15, 0.2) is 49.3 Å². The van der Waals surface area contributed by atoms with Gasteiger partial charge in [-0.05, 0) is 75.5 Å². The van der Waals surface area contributed by atoms with Crippen LogP contribution < -0.4 is 0 Å². The number of carbonyl (C=O) groups excluding carboxylic acids is 7. The number of ether oxygens (including phenoxy) is 6. The van der Waals surface area contributed by atoms with Gasteiger partial charge in [0.05, 0.1) is 72.2 Å². The number of hydrogen-bond donors (Lipinski definition) is 0. The summed E-state index contributed by atoms with van der Waals surface area (Å²) in [5, 5.41) is 18.1. The summed E-state index contributed by atoms with van der Waals surface area (Å²) in [6, 6.07) is -0.908. The zero-order valence-electron chi connectivity index (χ0n) is 42.6. The summed E-state index contributed by atoms with van der Waals surface area (Å²) < 4.78 is 31.1. The maximum Gasteiger partial charge on any atom is 3.00 e. The van der Waals surface area contributed by atoms with E-state index in [2.05, 4.69) is 0 Å². The number of methoxy groups -OCH3 is 6. The number of Topliss-reactive ketones (excluding diaryl/α,β-unsaturated/α-hetero) is 1. The van der Waals surface area contributed by atoms with Gasteiger partial charge in [-0.2, -0.15) is 5.70 Å². The third-order valence-corrected chi connectivity index (χ3v) is 15.4. The van der Waals surface area contributed by atoms with Crippen molar-refractivity contribution in [2.45, 2.75) is 125 Å². The van der Waals surface area contributed by atoms with Crippen LogP contribution in [-0.2, 0) is 78.8 Å². The van der Waals surface area contributed by atoms with E-state index in [1.165, 1.54) is 42.7 Å². The van der Waals surface area contributed by atoms with Crippen LogP contribution in [0.3, 0.4) is 0 Å². The first-order valence-corrected chi connectivity index (χ1v) is 22.4. The molecule has 8 bridgehead atoms. The first-order chi connectivity index (χ1) is 32.4. The second-order valence-corrected chi connectivity index (χ2v) is 19.2. The molecule has 0 amide bonds. The molecule has 5 heterocycles. The fourth-order valence-electron chi connectivity index (χ4n) is 11.1. The molecule has 19 nitrogen and oxygen atoms in total. The van der Waals surface area contributed by atoms with E-state index in [4.69, 9.17) is 72.4 Å². The minimum atomic E-state index is -1.56. The van der Waals surface area contributed by atoms with Crippen LogP contribution in [-0.4, -0.2) is 113 Å². The second kappa shape index (κ2) is 23.7. The van der Waals surface area contributed by atoms with Crippen LogP contribution in [0.25, 0.3) is 5.32 Å². The molecule has 70 heavy (non-hydrogen) atoms. The van der Waals surface area contributed by atoms with Crippen molar-refractivity contribution in [3.8, 4) is 0 Å². The number of aliphatic imine (C=N–C) groups is 3. The predicted octanol–water partition coefficient (Wildman–Crippen LogP) is 6.51. The molecular formula is C50H65CoN6O13. The third-order valence-electron chi connectivity index (χ3n) is 15.4. The largest absolute Gasteiger partial charge is 3.00 e. The minimum absolute atomic E-state index is 0. The molecule has 382 valence electrons. The number of ketones is 1. The number of nitrogens with zero attached hydrogens (tertiary/aromatic N) is 6. The van der Waals surface area contributed by atoms with Gasteiger partial charge in [-0.15, -0.1) is 0 Å². The zero-order chi connectivity index (χ0) is 52.6. The maximum atomic E-state index is 14.9. The van der Waals surface area contributed by atoms with Crippen molar-refractivity contribution in [2.24, 2.45) is 54.4 Å². The molecule has 20 heteroatoms. The van der Waals surface area contributed by atoms with Crippen molar-refractivity contribution in [3.05, 3.63) is 52.8 Å². The number of esters is 6. The van der Waals surface area contributed by atoms with Gasteiger partial charge >= 0.3 is 52.6 Å². The van der Waals surface area contributed by atoms with E-state index in [1.807, 2.05) is 41.5 Å². The molecule has 1 saturated heterocycles. The molecule has 0 aliphatic carbocycles. The van der Waals surface area contributed by atoms with Crippen LogP contribution >= 0.6 is 0 Å². The Balaban J connectivity index is 0.00000327. The Morgan fingerprint density at radius 3 is 1.66 bits per heavy atom. The van der Waals surface area contributed by atoms with Crippen molar-refractivity contribution < 1.29 is 78.8 Å². The summed E-state index contributed by atoms with van der Waals surface area (Å²) in [6.07, 6.45) is 1.39. The van der Waals surface area contributed by atoms with Crippen LogP contribution in [0.2, 0.25) is 0 Å². The molecule has 0 aromatic rings. The summed E-state index contributed by atoms with van der Waals surface area (Å²) >= 11 is 0. The molecule has 0 saturated carbocycles. The van der Waals surface area contributed by atoms with Gasteiger partial charge in [0.25, 0.3) is 0 Å². The molecule has 1 fully saturated rings. The monoisotopic (exact) mass is 1020 g/mol. The van der Waals surface area contributed by atoms with Gasteiger partial charge in [0.2, 0.25) is 0 Å². The van der Waals surface area contributed by atoms with Gasteiger partial charge in [0.15, 0.2) is 5.78 Å². The zero-order valence-corrected chi connectivity index (χ0v) is 43.6. The van der Waals surface area contributed by atoms with E-state index >= 15 is 0 Å². The van der Waals surface area contributed by atoms with Gasteiger partial charge in [-0.1, -0.05) is 33.7 Å². The summed E-state index contributed by atoms with van der Waals surface area (Å²) in [5.41, 5.74) is -2.67. The van der Waals surface area contributed by atoms with Gasteiger partial charge in [-0.25, -0.2) is 4.99 Å². The van der Waals surface area contributed by atoms with Crippen molar-refractivity contribution in [3.63, 3.8) is 0 Å². The van der Waals surface area contributed by atoms with Crippen molar-refractivity contribution >= 4 is 58.7 Å². The van der Waals surface area contributed by atoms with Gasteiger partial charge < -0.3 is 57.4 Å². The van der Waals surface area contributed by atoms with Gasteiger partial charge in [0, 0.05) is 65.5 Å². The SMILES string of the molecule is COC(=O)CC[C@@H]1C2=NC(=C\C3=NC(=C(/C)C4=N[C@@](C)(C5[N-]/C(=C\2C)[C@](C)(CCC(=O)OC)[C@H]5CC(=O)OC)[C@@](C)(CC(=O)OC)[C@@H]4CCC(=O)OC)/[C@@](C)(CC(=O)OC)C3=O)/C1(C)C.[C-]#N.[C-]#N.[Co+3]. The molecular weight excluding hydrogens is 952 g/mol. The Hall–Kier alpha value is -5.99. The molecule has 0 spiro atoms. The Kier molecular flexibility index (Phi) is 20.4. The average Bonchev–Trinajstić information content (AvgIpc) is 3.94. The minimum Gasteiger partial charge on any atom is -0.682 e. The van der Waals surface area contributed by atoms with E-state index in [0.29, 0.717) is 40.4 Å². The molecule has 5 rings (SSSR count). The summed E-state index contributed by atoms with van der Waals surface area (Å²) in [7, 11) is 7.72. The van der Waals surface area contributed by atoms with Crippen LogP contribution in [0.4, 0.5) is 0 Å². The van der Waals surface area contributed by atoms with Gasteiger partial charge in [0.1, 0.15) is 5.71 Å². The maximum absolute atomic E-state index is 14.9. The molecule has 0 radical (unpaired) electrons. The Morgan fingerprint density at radius 1 is 0.657 bits per heavy atom. The molecule has 1 unspecified atom stereocenters. The average molecular weight is 1020 g/mol. The van der Waals surface area contributed by atoms with E-state index in [1.54, 1.807) is 19.9 Å². The number of fused-ring (bicyclic) bond motifs is 6. The topological polar surface area (TPSA) is 274 Å². The first kappa shape index (κ1) is 60.1. The van der Waals surface area contributed by atoms with E-state index in [-0.39, 0.29) is 79.6 Å². The standard InChI is InChI=1S/C48H65N4O13.2CN.Co/c1-25-38-27(15-17-32(53)60-9)44(3,4)31(50-38)22-30-43(59)46(6,23-36(57)64-13)41(49-30)26(2)39-28(16-18-33(54)61-10)47(7,24-37(58)65-14)48(8,52-39)42-29(21-35(56)63-12)45(5,40(25)51-42)20-19-34(55)62-11;2*1-2;/h22,27-29,42H,15-21,23-24H2,1-14H3;;;/q3*-1;+3/t27-,28-,29+,42?,45-,46-,47+,48+;;;/m1.../s1. The molecule has 8 atom stereocenters.